The molecule has 0 N–H and O–H groups in total. The number of fused-ring (bicyclic) bond motifs is 1. The summed E-state index contributed by atoms with van der Waals surface area (Å²) in [6, 6.07) is 2.27. The predicted molar refractivity (Wildman–Crippen MR) is 52.6 cm³/mol. The van der Waals surface area contributed by atoms with E-state index in [0.717, 1.165) is 6.07 Å². The van der Waals surface area contributed by atoms with E-state index in [9.17, 15) is 14.5 Å². The van der Waals surface area contributed by atoms with Gasteiger partial charge in [-0.1, -0.05) is 11.6 Å². The van der Waals surface area contributed by atoms with Crippen molar-refractivity contribution in [3.63, 3.8) is 0 Å². The summed E-state index contributed by atoms with van der Waals surface area (Å²) < 4.78 is 18.4. The van der Waals surface area contributed by atoms with E-state index in [2.05, 4.69) is 0 Å². The second-order valence-corrected chi connectivity index (χ2v) is 3.45. The van der Waals surface area contributed by atoms with Gasteiger partial charge in [-0.3, -0.25) is 10.1 Å². The maximum Gasteiger partial charge on any atom is 0.315 e. The van der Waals surface area contributed by atoms with Crippen molar-refractivity contribution in [2.45, 2.75) is 6.92 Å². The summed E-state index contributed by atoms with van der Waals surface area (Å²) in [7, 11) is 0. The highest BCUT2D eigenvalue weighted by atomic mass is 35.5. The second kappa shape index (κ2) is 3.20. The summed E-state index contributed by atoms with van der Waals surface area (Å²) in [4.78, 5) is 9.85. The minimum absolute atomic E-state index is 0.0289. The van der Waals surface area contributed by atoms with Crippen LogP contribution in [0.15, 0.2) is 16.5 Å². The summed E-state index contributed by atoms with van der Waals surface area (Å²) in [5, 5.41) is 10.8. The first-order chi connectivity index (χ1) is 7.00. The van der Waals surface area contributed by atoms with E-state index in [4.69, 9.17) is 16.0 Å². The van der Waals surface area contributed by atoms with Crippen LogP contribution >= 0.6 is 11.6 Å². The van der Waals surface area contributed by atoms with Crippen LogP contribution in [0.4, 0.5) is 10.1 Å². The lowest BCUT2D eigenvalue weighted by atomic mass is 10.2. The third-order valence-electron chi connectivity index (χ3n) is 1.99. The lowest BCUT2D eigenvalue weighted by Crippen LogP contribution is -1.93. The van der Waals surface area contributed by atoms with Gasteiger partial charge in [0.05, 0.1) is 9.95 Å². The summed E-state index contributed by atoms with van der Waals surface area (Å²) in [6.07, 6.45) is 0. The van der Waals surface area contributed by atoms with Crippen molar-refractivity contribution in [3.05, 3.63) is 38.8 Å². The fourth-order valence-corrected chi connectivity index (χ4v) is 1.66. The molecule has 0 unspecified atom stereocenters. The maximum atomic E-state index is 13.3. The Labute approximate surface area is 88.4 Å². The van der Waals surface area contributed by atoms with Crippen LogP contribution in [0.3, 0.4) is 0 Å². The molecule has 1 heterocycles. The monoisotopic (exact) mass is 229 g/mol. The normalized spacial score (nSPS) is 10.9. The minimum Gasteiger partial charge on any atom is -0.460 e. The number of aryl methyl sites for hydroxylation is 1. The van der Waals surface area contributed by atoms with Crippen LogP contribution in [-0.4, -0.2) is 4.92 Å². The van der Waals surface area contributed by atoms with Crippen molar-refractivity contribution >= 4 is 28.3 Å². The molecule has 4 nitrogen and oxygen atoms in total. The van der Waals surface area contributed by atoms with Gasteiger partial charge >= 0.3 is 5.69 Å². The molecule has 0 atom stereocenters. The van der Waals surface area contributed by atoms with Gasteiger partial charge in [0.25, 0.3) is 0 Å². The largest absolute Gasteiger partial charge is 0.460 e. The number of nitro groups is 1. The Balaban J connectivity index is 2.95. The number of furan rings is 1. The first kappa shape index (κ1) is 9.92. The number of nitro benzene ring substituents is 1. The molecule has 2 rings (SSSR count). The lowest BCUT2D eigenvalue weighted by molar-refractivity contribution is -0.385. The van der Waals surface area contributed by atoms with E-state index in [0.29, 0.717) is 5.76 Å². The van der Waals surface area contributed by atoms with Crippen LogP contribution in [0.1, 0.15) is 5.76 Å². The Morgan fingerprint density at radius 1 is 1.53 bits per heavy atom. The molecule has 0 radical (unpaired) electrons. The predicted octanol–water partition coefficient (Wildman–Crippen LogP) is 3.44. The van der Waals surface area contributed by atoms with E-state index in [1.165, 1.54) is 6.07 Å². The Kier molecular flexibility index (Phi) is 2.12. The number of benzene rings is 1. The third-order valence-corrected chi connectivity index (χ3v) is 2.27. The Morgan fingerprint density at radius 2 is 2.20 bits per heavy atom. The maximum absolute atomic E-state index is 13.3. The zero-order valence-electron chi connectivity index (χ0n) is 7.58. The topological polar surface area (TPSA) is 56.3 Å². The van der Waals surface area contributed by atoms with Gasteiger partial charge in [-0.05, 0) is 13.0 Å². The van der Waals surface area contributed by atoms with Gasteiger partial charge in [-0.15, -0.1) is 0 Å². The Morgan fingerprint density at radius 3 is 2.80 bits per heavy atom. The van der Waals surface area contributed by atoms with Crippen LogP contribution in [0.5, 0.6) is 0 Å². The zero-order valence-corrected chi connectivity index (χ0v) is 8.34. The molecule has 2 aromatic rings. The molecule has 15 heavy (non-hydrogen) atoms. The van der Waals surface area contributed by atoms with Gasteiger partial charge in [-0.2, -0.15) is 4.39 Å². The van der Waals surface area contributed by atoms with Crippen molar-refractivity contribution in [2.75, 3.05) is 0 Å². The fraction of sp³-hybridized carbons (Fsp3) is 0.111. The highest BCUT2D eigenvalue weighted by Gasteiger charge is 2.23. The molecule has 78 valence electrons. The SMILES string of the molecule is Cc1cc2c([N+](=O)[O-])c(F)cc(Cl)c2o1. The van der Waals surface area contributed by atoms with Crippen LogP contribution in [0.25, 0.3) is 11.0 Å². The molecular weight excluding hydrogens is 225 g/mol. The van der Waals surface area contributed by atoms with Gasteiger partial charge in [0.1, 0.15) is 11.1 Å². The molecule has 0 aliphatic carbocycles. The molecule has 0 bridgehead atoms. The van der Waals surface area contributed by atoms with Gasteiger partial charge in [0, 0.05) is 6.07 Å². The highest BCUT2D eigenvalue weighted by Crippen LogP contribution is 2.35. The Bertz CT molecular complexity index is 564. The molecule has 0 saturated carbocycles. The van der Waals surface area contributed by atoms with Gasteiger partial charge < -0.3 is 4.42 Å². The molecule has 0 amide bonds. The molecule has 0 aliphatic rings. The molecule has 6 heteroatoms. The zero-order chi connectivity index (χ0) is 11.2. The van der Waals surface area contributed by atoms with Crippen molar-refractivity contribution in [1.82, 2.24) is 0 Å². The molecule has 0 saturated heterocycles. The summed E-state index contributed by atoms with van der Waals surface area (Å²) in [6.45, 7) is 1.61. The minimum atomic E-state index is -0.960. The van der Waals surface area contributed by atoms with Crippen molar-refractivity contribution in [1.29, 1.82) is 0 Å². The third kappa shape index (κ3) is 1.45. The number of hydrogen-bond donors (Lipinski definition) is 0. The van der Waals surface area contributed by atoms with Crippen molar-refractivity contribution < 1.29 is 13.7 Å². The van der Waals surface area contributed by atoms with Gasteiger partial charge in [-0.25, -0.2) is 0 Å². The molecule has 1 aromatic carbocycles. The average molecular weight is 230 g/mol. The first-order valence-corrected chi connectivity index (χ1v) is 4.41. The smallest absolute Gasteiger partial charge is 0.315 e. The van der Waals surface area contributed by atoms with E-state index >= 15 is 0 Å². The number of nitrogens with zero attached hydrogens (tertiary/aromatic N) is 1. The quantitative estimate of drug-likeness (QED) is 0.556. The van der Waals surface area contributed by atoms with Gasteiger partial charge in [0.2, 0.25) is 5.82 Å². The summed E-state index contributed by atoms with van der Waals surface area (Å²) >= 11 is 5.70. The van der Waals surface area contributed by atoms with E-state index in [1.807, 2.05) is 0 Å². The molecule has 0 fully saturated rings. The fourth-order valence-electron chi connectivity index (χ4n) is 1.43. The van der Waals surface area contributed by atoms with E-state index < -0.39 is 16.4 Å². The molecule has 0 aliphatic heterocycles. The number of halogens is 2. The van der Waals surface area contributed by atoms with E-state index in [1.54, 1.807) is 6.92 Å². The van der Waals surface area contributed by atoms with E-state index in [-0.39, 0.29) is 16.0 Å². The molecular formula is C9H5ClFNO3. The highest BCUT2D eigenvalue weighted by molar-refractivity contribution is 6.35. The average Bonchev–Trinajstić information content (AvgIpc) is 2.45. The van der Waals surface area contributed by atoms with Crippen molar-refractivity contribution in [3.8, 4) is 0 Å². The number of hydrogen-bond acceptors (Lipinski definition) is 3. The van der Waals surface area contributed by atoms with Crippen LogP contribution in [-0.2, 0) is 0 Å². The van der Waals surface area contributed by atoms with Crippen molar-refractivity contribution in [2.24, 2.45) is 0 Å². The number of rotatable bonds is 1. The first-order valence-electron chi connectivity index (χ1n) is 4.03. The second-order valence-electron chi connectivity index (χ2n) is 3.05. The molecule has 0 spiro atoms. The summed E-state index contributed by atoms with van der Waals surface area (Å²) in [5.74, 6) is -0.515. The Hall–Kier alpha value is -1.62. The van der Waals surface area contributed by atoms with Crippen LogP contribution in [0.2, 0.25) is 5.02 Å². The van der Waals surface area contributed by atoms with Crippen LogP contribution < -0.4 is 0 Å². The molecule has 1 aromatic heterocycles. The van der Waals surface area contributed by atoms with Crippen LogP contribution in [0, 0.1) is 22.9 Å². The lowest BCUT2D eigenvalue weighted by Gasteiger charge is -1.96. The van der Waals surface area contributed by atoms with Gasteiger partial charge in [0.15, 0.2) is 5.58 Å². The standard InChI is InChI=1S/C9H5ClFNO3/c1-4-2-5-8(12(13)14)7(11)3-6(10)9(5)15-4/h2-3H,1H3. The summed E-state index contributed by atoms with van der Waals surface area (Å²) in [5.41, 5.74) is -0.464.